The van der Waals surface area contributed by atoms with Crippen molar-refractivity contribution in [1.82, 2.24) is 5.32 Å². The molecule has 0 heterocycles. The summed E-state index contributed by atoms with van der Waals surface area (Å²) in [7, 11) is 0. The Morgan fingerprint density at radius 2 is 1.90 bits per heavy atom. The highest BCUT2D eigenvalue weighted by molar-refractivity contribution is 4.72. The largest absolute Gasteiger partial charge is 0.396 e. The van der Waals surface area contributed by atoms with Gasteiger partial charge in [0.05, 0.1) is 12.7 Å². The quantitative estimate of drug-likeness (QED) is 0.455. The van der Waals surface area contributed by atoms with Crippen molar-refractivity contribution in [2.75, 3.05) is 32.9 Å². The Morgan fingerprint density at radius 1 is 1.20 bits per heavy atom. The van der Waals surface area contributed by atoms with Crippen LogP contribution in [0.15, 0.2) is 0 Å². The van der Waals surface area contributed by atoms with E-state index in [1.807, 2.05) is 0 Å². The molecule has 0 aromatic rings. The highest BCUT2D eigenvalue weighted by atomic mass is 16.5. The lowest BCUT2D eigenvalue weighted by molar-refractivity contribution is 0.0336. The molecule has 0 saturated heterocycles. The topological polar surface area (TPSA) is 61.7 Å². The average Bonchev–Trinajstić information content (AvgIpc) is 2.35. The zero-order chi connectivity index (χ0) is 15.4. The highest BCUT2D eigenvalue weighted by Crippen LogP contribution is 2.20. The molecule has 4 nitrogen and oxygen atoms in total. The first-order valence-electron chi connectivity index (χ1n) is 7.95. The van der Waals surface area contributed by atoms with Gasteiger partial charge in [0, 0.05) is 26.3 Å². The molecule has 1 atom stereocenters. The van der Waals surface area contributed by atoms with Crippen molar-refractivity contribution >= 4 is 0 Å². The second-order valence-electron chi connectivity index (χ2n) is 6.89. The zero-order valence-electron chi connectivity index (χ0n) is 13.8. The van der Waals surface area contributed by atoms with Gasteiger partial charge in [0.25, 0.3) is 0 Å². The molecule has 4 heteroatoms. The van der Waals surface area contributed by atoms with Gasteiger partial charge in [-0.05, 0) is 37.0 Å². The van der Waals surface area contributed by atoms with Crippen LogP contribution in [-0.2, 0) is 4.74 Å². The van der Waals surface area contributed by atoms with Crippen LogP contribution >= 0.6 is 0 Å². The van der Waals surface area contributed by atoms with Crippen molar-refractivity contribution in [3.63, 3.8) is 0 Å². The van der Waals surface area contributed by atoms with Gasteiger partial charge in [-0.3, -0.25) is 0 Å². The Bertz CT molecular complexity index is 220. The number of aliphatic hydroxyl groups excluding tert-OH is 2. The standard InChI is InChI=1S/C16H35NO3/c1-14(2)7-5-10-20-12-15(19)11-17-13-16(3,4)8-6-9-18/h14-15,17-19H,5-13H2,1-4H3. The van der Waals surface area contributed by atoms with Crippen LogP contribution in [0.1, 0.15) is 53.4 Å². The minimum Gasteiger partial charge on any atom is -0.396 e. The van der Waals surface area contributed by atoms with E-state index in [2.05, 4.69) is 33.0 Å². The van der Waals surface area contributed by atoms with Crippen LogP contribution in [0, 0.1) is 11.3 Å². The molecule has 0 aliphatic carbocycles. The third-order valence-corrected chi connectivity index (χ3v) is 3.38. The Kier molecular flexibility index (Phi) is 11.4. The molecule has 0 rings (SSSR count). The first kappa shape index (κ1) is 19.8. The molecule has 0 aromatic carbocycles. The predicted molar refractivity (Wildman–Crippen MR) is 83.9 cm³/mol. The Labute approximate surface area is 124 Å². The summed E-state index contributed by atoms with van der Waals surface area (Å²) in [6, 6.07) is 0. The summed E-state index contributed by atoms with van der Waals surface area (Å²) in [5.41, 5.74) is 0.153. The van der Waals surface area contributed by atoms with E-state index >= 15 is 0 Å². The van der Waals surface area contributed by atoms with Gasteiger partial charge in [0.1, 0.15) is 0 Å². The number of aliphatic hydroxyl groups is 2. The van der Waals surface area contributed by atoms with E-state index in [1.54, 1.807) is 0 Å². The fraction of sp³-hybridized carbons (Fsp3) is 1.00. The van der Waals surface area contributed by atoms with Gasteiger partial charge in [0.15, 0.2) is 0 Å². The predicted octanol–water partition coefficient (Wildman–Crippen LogP) is 2.19. The minimum absolute atomic E-state index is 0.153. The van der Waals surface area contributed by atoms with Crippen molar-refractivity contribution in [1.29, 1.82) is 0 Å². The lowest BCUT2D eigenvalue weighted by Crippen LogP contribution is -2.36. The summed E-state index contributed by atoms with van der Waals surface area (Å²) >= 11 is 0. The molecule has 20 heavy (non-hydrogen) atoms. The van der Waals surface area contributed by atoms with E-state index < -0.39 is 6.10 Å². The smallest absolute Gasteiger partial charge is 0.0897 e. The zero-order valence-corrected chi connectivity index (χ0v) is 13.8. The summed E-state index contributed by atoms with van der Waals surface area (Å²) in [4.78, 5) is 0. The molecule has 0 amide bonds. The van der Waals surface area contributed by atoms with Gasteiger partial charge >= 0.3 is 0 Å². The van der Waals surface area contributed by atoms with Crippen molar-refractivity contribution in [3.8, 4) is 0 Å². The molecule has 0 aliphatic heterocycles. The molecular formula is C16H35NO3. The molecule has 0 saturated carbocycles. The summed E-state index contributed by atoms with van der Waals surface area (Å²) in [5, 5.41) is 21.9. The molecule has 0 fully saturated rings. The third kappa shape index (κ3) is 12.9. The SMILES string of the molecule is CC(C)CCCOCC(O)CNCC(C)(C)CCCO. The van der Waals surface area contributed by atoms with Crippen molar-refractivity contribution in [3.05, 3.63) is 0 Å². The third-order valence-electron chi connectivity index (χ3n) is 3.38. The highest BCUT2D eigenvalue weighted by Gasteiger charge is 2.17. The van der Waals surface area contributed by atoms with E-state index in [0.29, 0.717) is 19.1 Å². The van der Waals surface area contributed by atoms with Crippen LogP contribution in [0.4, 0.5) is 0 Å². The lowest BCUT2D eigenvalue weighted by Gasteiger charge is -2.25. The molecule has 0 spiro atoms. The number of rotatable bonds is 13. The number of hydrogen-bond acceptors (Lipinski definition) is 4. The van der Waals surface area contributed by atoms with Gasteiger partial charge in [-0.2, -0.15) is 0 Å². The molecule has 3 N–H and O–H groups in total. The summed E-state index contributed by atoms with van der Waals surface area (Å²) < 4.78 is 5.47. The fourth-order valence-corrected chi connectivity index (χ4v) is 2.10. The maximum atomic E-state index is 9.80. The van der Waals surface area contributed by atoms with E-state index in [0.717, 1.165) is 32.4 Å². The van der Waals surface area contributed by atoms with E-state index in [1.165, 1.54) is 6.42 Å². The van der Waals surface area contributed by atoms with Gasteiger partial charge in [-0.15, -0.1) is 0 Å². The van der Waals surface area contributed by atoms with Crippen molar-refractivity contribution in [2.24, 2.45) is 11.3 Å². The van der Waals surface area contributed by atoms with E-state index in [-0.39, 0.29) is 12.0 Å². The Hall–Kier alpha value is -0.160. The molecular weight excluding hydrogens is 254 g/mol. The first-order valence-corrected chi connectivity index (χ1v) is 7.95. The second kappa shape index (κ2) is 11.5. The molecule has 0 aliphatic rings. The molecule has 0 bridgehead atoms. The van der Waals surface area contributed by atoms with Crippen LogP contribution in [0.3, 0.4) is 0 Å². The average molecular weight is 289 g/mol. The van der Waals surface area contributed by atoms with Gasteiger partial charge in [-0.25, -0.2) is 0 Å². The van der Waals surface area contributed by atoms with Crippen LogP contribution < -0.4 is 5.32 Å². The second-order valence-corrected chi connectivity index (χ2v) is 6.89. The molecule has 0 radical (unpaired) electrons. The van der Waals surface area contributed by atoms with Gasteiger partial charge in [-0.1, -0.05) is 27.7 Å². The number of ether oxygens (including phenoxy) is 1. The minimum atomic E-state index is -0.442. The molecule has 122 valence electrons. The summed E-state index contributed by atoms with van der Waals surface area (Å²) in [6.45, 7) is 11.5. The number of nitrogens with one attached hydrogen (secondary N) is 1. The van der Waals surface area contributed by atoms with Crippen LogP contribution in [0.25, 0.3) is 0 Å². The maximum Gasteiger partial charge on any atom is 0.0897 e. The van der Waals surface area contributed by atoms with Crippen LogP contribution in [-0.4, -0.2) is 49.2 Å². The maximum absolute atomic E-state index is 9.80. The number of hydrogen-bond donors (Lipinski definition) is 3. The summed E-state index contributed by atoms with van der Waals surface area (Å²) in [5.74, 6) is 0.714. The lowest BCUT2D eigenvalue weighted by atomic mass is 9.88. The van der Waals surface area contributed by atoms with Crippen LogP contribution in [0.2, 0.25) is 0 Å². The van der Waals surface area contributed by atoms with Crippen LogP contribution in [0.5, 0.6) is 0 Å². The normalized spacial score (nSPS) is 13.9. The fourth-order valence-electron chi connectivity index (χ4n) is 2.10. The van der Waals surface area contributed by atoms with Crippen molar-refractivity contribution in [2.45, 2.75) is 59.5 Å². The molecule has 1 unspecified atom stereocenters. The Balaban J connectivity index is 3.50. The summed E-state index contributed by atoms with van der Waals surface area (Å²) in [6.07, 6.45) is 3.61. The van der Waals surface area contributed by atoms with E-state index in [9.17, 15) is 5.11 Å². The van der Waals surface area contributed by atoms with Gasteiger partial charge < -0.3 is 20.3 Å². The Morgan fingerprint density at radius 3 is 2.50 bits per heavy atom. The monoisotopic (exact) mass is 289 g/mol. The van der Waals surface area contributed by atoms with Crippen molar-refractivity contribution < 1.29 is 14.9 Å². The molecule has 0 aromatic heterocycles. The van der Waals surface area contributed by atoms with Gasteiger partial charge in [0.2, 0.25) is 0 Å². The van der Waals surface area contributed by atoms with E-state index in [4.69, 9.17) is 9.84 Å². The first-order chi connectivity index (χ1) is 9.37.